The summed E-state index contributed by atoms with van der Waals surface area (Å²) in [6.07, 6.45) is 2.68. The molecule has 6 rings (SSSR count). The van der Waals surface area contributed by atoms with E-state index in [1.165, 1.54) is 48.0 Å². The number of allylic oxidation sites excluding steroid dienone is 1. The number of hydrogen-bond acceptors (Lipinski definition) is 8. The van der Waals surface area contributed by atoms with Gasteiger partial charge in [0.15, 0.2) is 5.78 Å². The summed E-state index contributed by atoms with van der Waals surface area (Å²) < 4.78 is 7.78. The number of esters is 1. The van der Waals surface area contributed by atoms with Gasteiger partial charge in [-0.1, -0.05) is 36.4 Å². The number of fused-ring (bicyclic) bond motifs is 3. The maximum Gasteiger partial charge on any atom is 0.336 e. The van der Waals surface area contributed by atoms with E-state index in [2.05, 4.69) is 5.32 Å². The molecular formula is C31H22N4O7. The van der Waals surface area contributed by atoms with Gasteiger partial charge in [-0.3, -0.25) is 28.8 Å². The molecule has 42 heavy (non-hydrogen) atoms. The number of non-ortho nitro benzene ring substituents is 1. The molecule has 0 amide bonds. The van der Waals surface area contributed by atoms with E-state index in [4.69, 9.17) is 4.74 Å². The number of nitrogens with one attached hydrogen (secondary N) is 1. The standard InChI is InChI=1S/C31H22N4O7/c1-33-29-26(30(38)34(2)31(33)39)24(25-27(32-29)21-5-3-4-6-22(21)28(25)37)18-10-14-20(15-11-18)42-23(36)16-9-17-7-12-19(13-8-17)35(40)41/h3-16,24,32H,1-2H3/b16-9+/t24-/m0/s1. The number of ketones is 1. The number of benzene rings is 3. The molecule has 2 heterocycles. The summed E-state index contributed by atoms with van der Waals surface area (Å²) in [5, 5.41) is 14.0. The predicted octanol–water partition coefficient (Wildman–Crippen LogP) is 3.78. The molecule has 0 saturated carbocycles. The van der Waals surface area contributed by atoms with Crippen LogP contribution in [-0.2, 0) is 18.9 Å². The Hall–Kier alpha value is -5.84. The fraction of sp³-hybridized carbons (Fsp3) is 0.0968. The van der Waals surface area contributed by atoms with Gasteiger partial charge in [0, 0.05) is 54.9 Å². The molecule has 0 fully saturated rings. The van der Waals surface area contributed by atoms with Crippen LogP contribution in [0.2, 0.25) is 0 Å². The summed E-state index contributed by atoms with van der Waals surface area (Å²) in [6.45, 7) is 0. The normalized spacial score (nSPS) is 15.2. The van der Waals surface area contributed by atoms with Crippen molar-refractivity contribution < 1.29 is 19.2 Å². The maximum absolute atomic E-state index is 13.6. The number of carbonyl (C=O) groups is 2. The summed E-state index contributed by atoms with van der Waals surface area (Å²) >= 11 is 0. The van der Waals surface area contributed by atoms with Crippen molar-refractivity contribution in [1.29, 1.82) is 0 Å². The van der Waals surface area contributed by atoms with E-state index in [1.54, 1.807) is 43.4 Å². The van der Waals surface area contributed by atoms with Crippen molar-refractivity contribution in [2.75, 3.05) is 5.32 Å². The summed E-state index contributed by atoms with van der Waals surface area (Å²) in [7, 11) is 2.95. The second-order valence-electron chi connectivity index (χ2n) is 9.86. The zero-order valence-corrected chi connectivity index (χ0v) is 22.4. The van der Waals surface area contributed by atoms with Crippen molar-refractivity contribution in [3.63, 3.8) is 0 Å². The molecule has 0 radical (unpaired) electrons. The van der Waals surface area contributed by atoms with Crippen molar-refractivity contribution in [2.24, 2.45) is 14.1 Å². The number of nitro groups is 1. The van der Waals surface area contributed by atoms with E-state index in [9.17, 15) is 29.3 Å². The molecule has 11 heteroatoms. The Kier molecular flexibility index (Phi) is 6.26. The third-order valence-electron chi connectivity index (χ3n) is 7.42. The van der Waals surface area contributed by atoms with E-state index < -0.39 is 28.1 Å². The minimum Gasteiger partial charge on any atom is -0.423 e. The number of carbonyl (C=O) groups excluding carboxylic acids is 2. The lowest BCUT2D eigenvalue weighted by Crippen LogP contribution is -2.42. The van der Waals surface area contributed by atoms with Crippen molar-refractivity contribution in [3.8, 4) is 5.75 Å². The molecule has 0 saturated heterocycles. The fourth-order valence-electron chi connectivity index (χ4n) is 5.34. The molecule has 4 aromatic rings. The van der Waals surface area contributed by atoms with Crippen molar-refractivity contribution in [1.82, 2.24) is 9.13 Å². The molecule has 0 spiro atoms. The van der Waals surface area contributed by atoms with E-state index in [0.29, 0.717) is 39.3 Å². The Balaban J connectivity index is 1.34. The molecule has 1 N–H and O–H groups in total. The van der Waals surface area contributed by atoms with Crippen LogP contribution < -0.4 is 21.3 Å². The maximum atomic E-state index is 13.6. The van der Waals surface area contributed by atoms with E-state index in [-0.39, 0.29) is 22.8 Å². The second kappa shape index (κ2) is 9.97. The number of rotatable bonds is 5. The van der Waals surface area contributed by atoms with Gasteiger partial charge in [0.2, 0.25) is 0 Å². The Morgan fingerprint density at radius 2 is 1.60 bits per heavy atom. The van der Waals surface area contributed by atoms with E-state index in [1.807, 2.05) is 12.1 Å². The summed E-state index contributed by atoms with van der Waals surface area (Å²) in [5.41, 5.74) is 2.49. The molecule has 1 aliphatic heterocycles. The lowest BCUT2D eigenvalue weighted by atomic mass is 9.81. The van der Waals surface area contributed by atoms with Gasteiger partial charge in [0.25, 0.3) is 11.2 Å². The van der Waals surface area contributed by atoms with Crippen LogP contribution >= 0.6 is 0 Å². The molecule has 0 bridgehead atoms. The van der Waals surface area contributed by atoms with Gasteiger partial charge in [-0.25, -0.2) is 9.59 Å². The van der Waals surface area contributed by atoms with Gasteiger partial charge >= 0.3 is 11.7 Å². The summed E-state index contributed by atoms with van der Waals surface area (Å²) in [4.78, 5) is 62.6. The Bertz CT molecular complexity index is 2000. The first-order chi connectivity index (χ1) is 20.2. The largest absolute Gasteiger partial charge is 0.423 e. The predicted molar refractivity (Wildman–Crippen MR) is 154 cm³/mol. The number of ether oxygens (including phenoxy) is 1. The van der Waals surface area contributed by atoms with Crippen LogP contribution in [0.4, 0.5) is 11.5 Å². The summed E-state index contributed by atoms with van der Waals surface area (Å²) in [5.74, 6) is -1.12. The van der Waals surface area contributed by atoms with E-state index >= 15 is 0 Å². The first kappa shape index (κ1) is 26.4. The number of Topliss-reactive ketones (excluding diaryl/α,β-unsaturated/α-hetero) is 1. The van der Waals surface area contributed by atoms with Crippen LogP contribution in [0.15, 0.2) is 94.0 Å². The Morgan fingerprint density at radius 1 is 0.929 bits per heavy atom. The SMILES string of the molecule is Cn1c2c(c(=O)n(C)c1=O)[C@@H](c1ccc(OC(=O)/C=C/c3ccc([N+](=O)[O-])cc3)cc1)C1=C(N2)c2ccccc2C1=O. The topological polar surface area (TPSA) is 143 Å². The molecule has 0 unspecified atom stereocenters. The monoisotopic (exact) mass is 562 g/mol. The highest BCUT2D eigenvalue weighted by atomic mass is 16.6. The first-order valence-corrected chi connectivity index (χ1v) is 12.8. The van der Waals surface area contributed by atoms with Crippen LogP contribution in [0.25, 0.3) is 11.8 Å². The first-order valence-electron chi connectivity index (χ1n) is 12.8. The Morgan fingerprint density at radius 3 is 2.26 bits per heavy atom. The van der Waals surface area contributed by atoms with Gasteiger partial charge in [-0.05, 0) is 41.5 Å². The second-order valence-corrected chi connectivity index (χ2v) is 9.86. The molecule has 1 aromatic heterocycles. The molecule has 3 aromatic carbocycles. The van der Waals surface area contributed by atoms with Gasteiger partial charge < -0.3 is 10.1 Å². The average Bonchev–Trinajstić information content (AvgIpc) is 3.29. The van der Waals surface area contributed by atoms with Crippen LogP contribution in [0.3, 0.4) is 0 Å². The zero-order chi connectivity index (χ0) is 29.7. The van der Waals surface area contributed by atoms with Crippen LogP contribution in [0.5, 0.6) is 5.75 Å². The zero-order valence-electron chi connectivity index (χ0n) is 22.4. The molecule has 11 nitrogen and oxygen atoms in total. The molecule has 208 valence electrons. The van der Waals surface area contributed by atoms with Crippen molar-refractivity contribution >= 4 is 35.0 Å². The average molecular weight is 563 g/mol. The highest BCUT2D eigenvalue weighted by Crippen LogP contribution is 2.47. The number of hydrogen-bond donors (Lipinski definition) is 1. The highest BCUT2D eigenvalue weighted by molar-refractivity contribution is 6.23. The smallest absolute Gasteiger partial charge is 0.336 e. The van der Waals surface area contributed by atoms with Crippen molar-refractivity contribution in [3.05, 3.63) is 143 Å². The quantitative estimate of drug-likeness (QED) is 0.127. The number of nitrogens with zero attached hydrogens (tertiary/aromatic N) is 3. The van der Waals surface area contributed by atoms with Crippen LogP contribution in [0.1, 0.15) is 38.5 Å². The van der Waals surface area contributed by atoms with Crippen molar-refractivity contribution in [2.45, 2.75) is 5.92 Å². The number of aromatic nitrogens is 2. The molecule has 2 aliphatic rings. The lowest BCUT2D eigenvalue weighted by molar-refractivity contribution is -0.384. The number of nitro benzene ring substituents is 1. The summed E-state index contributed by atoms with van der Waals surface area (Å²) in [6, 6.07) is 19.3. The molecule has 1 atom stereocenters. The fourth-order valence-corrected chi connectivity index (χ4v) is 5.34. The van der Waals surface area contributed by atoms with Gasteiger partial charge in [-0.15, -0.1) is 0 Å². The molecule has 1 aliphatic carbocycles. The van der Waals surface area contributed by atoms with Gasteiger partial charge in [0.05, 0.1) is 16.2 Å². The number of anilines is 1. The minimum absolute atomic E-state index is 0.0580. The van der Waals surface area contributed by atoms with Crippen LogP contribution in [-0.4, -0.2) is 25.8 Å². The molecular weight excluding hydrogens is 540 g/mol. The Labute approximate surface area is 237 Å². The lowest BCUT2D eigenvalue weighted by Gasteiger charge is -2.29. The highest BCUT2D eigenvalue weighted by Gasteiger charge is 2.42. The minimum atomic E-state index is -0.784. The third-order valence-corrected chi connectivity index (χ3v) is 7.42. The van der Waals surface area contributed by atoms with E-state index in [0.717, 1.165) is 4.57 Å². The third kappa shape index (κ3) is 4.24. The van der Waals surface area contributed by atoms with Gasteiger partial charge in [-0.2, -0.15) is 0 Å². The van der Waals surface area contributed by atoms with Crippen LogP contribution in [0, 0.1) is 10.1 Å². The van der Waals surface area contributed by atoms with Gasteiger partial charge in [0.1, 0.15) is 11.6 Å².